The van der Waals surface area contributed by atoms with Gasteiger partial charge in [0, 0.05) is 0 Å². The molecule has 28 heavy (non-hydrogen) atoms. The van der Waals surface area contributed by atoms with Crippen LogP contribution in [0.2, 0.25) is 5.15 Å². The number of nitrogens with zero attached hydrogens (tertiary/aromatic N) is 3. The van der Waals surface area contributed by atoms with Crippen molar-refractivity contribution in [3.63, 3.8) is 0 Å². The molecule has 9 heteroatoms. The van der Waals surface area contributed by atoms with Gasteiger partial charge in [-0.05, 0) is 24.3 Å². The number of thiazole rings is 1. The van der Waals surface area contributed by atoms with Crippen LogP contribution in [-0.2, 0) is 0 Å². The van der Waals surface area contributed by atoms with Crippen molar-refractivity contribution in [2.75, 3.05) is 12.4 Å². The molecule has 1 aliphatic rings. The van der Waals surface area contributed by atoms with E-state index >= 15 is 0 Å². The highest BCUT2D eigenvalue weighted by Crippen LogP contribution is 2.32. The highest BCUT2D eigenvalue weighted by atomic mass is 35.5. The minimum Gasteiger partial charge on any atom is -0.495 e. The first-order chi connectivity index (χ1) is 13.6. The summed E-state index contributed by atoms with van der Waals surface area (Å²) in [6.07, 6.45) is 1.36. The number of carbonyl (C=O) groups excluding carboxylic acids is 2. The van der Waals surface area contributed by atoms with Gasteiger partial charge in [0.15, 0.2) is 10.3 Å². The third-order valence-corrected chi connectivity index (χ3v) is 5.33. The maximum absolute atomic E-state index is 12.4. The van der Waals surface area contributed by atoms with Crippen LogP contribution in [0.3, 0.4) is 0 Å². The monoisotopic (exact) mass is 412 g/mol. The molecule has 0 fully saturated rings. The number of halogens is 1. The fourth-order valence-corrected chi connectivity index (χ4v) is 3.74. The number of imide groups is 1. The largest absolute Gasteiger partial charge is 0.495 e. The number of benzene rings is 2. The van der Waals surface area contributed by atoms with Crippen LogP contribution in [0, 0.1) is 0 Å². The smallest absolute Gasteiger partial charge is 0.282 e. The average molecular weight is 413 g/mol. The minimum absolute atomic E-state index is 0.211. The lowest BCUT2D eigenvalue weighted by molar-refractivity contribution is 0.0660. The van der Waals surface area contributed by atoms with E-state index in [0.717, 1.165) is 10.7 Å². The Bertz CT molecular complexity index is 1080. The molecule has 1 N–H and O–H groups in total. The van der Waals surface area contributed by atoms with Gasteiger partial charge in [-0.3, -0.25) is 9.59 Å². The molecule has 2 amide bonds. The molecule has 0 bridgehead atoms. The summed E-state index contributed by atoms with van der Waals surface area (Å²) in [4.78, 5) is 29.5. The lowest BCUT2D eigenvalue weighted by Gasteiger charge is -2.07. The third kappa shape index (κ3) is 3.23. The van der Waals surface area contributed by atoms with Crippen LogP contribution >= 0.6 is 22.9 Å². The summed E-state index contributed by atoms with van der Waals surface area (Å²) >= 11 is 7.42. The van der Waals surface area contributed by atoms with E-state index in [1.165, 1.54) is 17.6 Å². The van der Waals surface area contributed by atoms with Crippen molar-refractivity contribution in [3.05, 3.63) is 69.7 Å². The molecule has 7 nitrogen and oxygen atoms in total. The van der Waals surface area contributed by atoms with Crippen LogP contribution in [0.1, 0.15) is 25.6 Å². The van der Waals surface area contributed by atoms with Crippen molar-refractivity contribution in [1.29, 1.82) is 0 Å². The second-order valence-electron chi connectivity index (χ2n) is 5.71. The summed E-state index contributed by atoms with van der Waals surface area (Å²) < 4.78 is 5.30. The summed E-state index contributed by atoms with van der Waals surface area (Å²) in [6, 6.07) is 14.0. The first-order valence-corrected chi connectivity index (χ1v) is 9.36. The maximum Gasteiger partial charge on any atom is 0.282 e. The van der Waals surface area contributed by atoms with Crippen LogP contribution in [0.4, 0.5) is 10.8 Å². The normalized spacial score (nSPS) is 13.3. The zero-order valence-electron chi connectivity index (χ0n) is 14.5. The van der Waals surface area contributed by atoms with Crippen molar-refractivity contribution in [2.45, 2.75) is 0 Å². The van der Waals surface area contributed by atoms with Crippen LogP contribution in [0.25, 0.3) is 0 Å². The molecular weight excluding hydrogens is 400 g/mol. The number of anilines is 2. The molecule has 1 aliphatic heterocycles. The summed E-state index contributed by atoms with van der Waals surface area (Å²) in [5, 5.41) is 8.73. The van der Waals surface area contributed by atoms with Crippen LogP contribution in [0.15, 0.2) is 53.6 Å². The molecule has 0 spiro atoms. The second kappa shape index (κ2) is 7.41. The van der Waals surface area contributed by atoms with Gasteiger partial charge in [-0.1, -0.05) is 47.2 Å². The average Bonchev–Trinajstić information content (AvgIpc) is 3.18. The predicted octanol–water partition coefficient (Wildman–Crippen LogP) is 4.18. The topological polar surface area (TPSA) is 83.9 Å². The Labute approximate surface area is 169 Å². The first kappa shape index (κ1) is 18.1. The van der Waals surface area contributed by atoms with Crippen molar-refractivity contribution < 1.29 is 14.3 Å². The number of methoxy groups -OCH3 is 1. The molecule has 0 aliphatic carbocycles. The molecule has 2 heterocycles. The zero-order valence-corrected chi connectivity index (χ0v) is 16.1. The maximum atomic E-state index is 12.4. The van der Waals surface area contributed by atoms with E-state index in [1.54, 1.807) is 31.4 Å². The van der Waals surface area contributed by atoms with Gasteiger partial charge in [-0.25, -0.2) is 4.98 Å². The summed E-state index contributed by atoms with van der Waals surface area (Å²) in [5.74, 6) is -0.273. The highest BCUT2D eigenvalue weighted by Gasteiger charge is 2.35. The molecule has 2 aromatic carbocycles. The number of fused-ring (bicyclic) bond motifs is 1. The van der Waals surface area contributed by atoms with Gasteiger partial charge in [0.2, 0.25) is 0 Å². The van der Waals surface area contributed by atoms with Gasteiger partial charge in [0.25, 0.3) is 11.8 Å². The number of rotatable bonds is 5. The number of nitrogens with one attached hydrogen (secondary N) is 1. The van der Waals surface area contributed by atoms with Gasteiger partial charge < -0.3 is 10.1 Å². The Morgan fingerprint density at radius 1 is 1.11 bits per heavy atom. The predicted molar refractivity (Wildman–Crippen MR) is 108 cm³/mol. The molecule has 3 aromatic rings. The van der Waals surface area contributed by atoms with Crippen LogP contribution in [0.5, 0.6) is 5.75 Å². The standard InChI is InChI=1S/C19H13ClN4O3S/c1-27-14-9-5-4-8-13(14)22-19-23-16(20)15(28-19)10-21-24-17(25)11-6-2-3-7-12(11)18(24)26/h2-10H,1H3,(H,22,23)/b21-10+. The molecule has 140 valence electrons. The Morgan fingerprint density at radius 3 is 2.43 bits per heavy atom. The highest BCUT2D eigenvalue weighted by molar-refractivity contribution is 7.17. The van der Waals surface area contributed by atoms with Gasteiger partial charge in [0.05, 0.1) is 35.0 Å². The molecule has 0 atom stereocenters. The summed E-state index contributed by atoms with van der Waals surface area (Å²) in [7, 11) is 1.58. The summed E-state index contributed by atoms with van der Waals surface area (Å²) in [5.41, 5.74) is 1.40. The Kier molecular flexibility index (Phi) is 4.81. The molecular formula is C19H13ClN4O3S. The van der Waals surface area contributed by atoms with Crippen molar-refractivity contribution in [3.8, 4) is 5.75 Å². The number of hydrogen-bond donors (Lipinski definition) is 1. The molecule has 0 saturated heterocycles. The van der Waals surface area contributed by atoms with E-state index in [-0.39, 0.29) is 5.15 Å². The van der Waals surface area contributed by atoms with Crippen LogP contribution in [-0.4, -0.2) is 35.1 Å². The van der Waals surface area contributed by atoms with Gasteiger partial charge in [-0.2, -0.15) is 10.1 Å². The van der Waals surface area contributed by atoms with E-state index in [4.69, 9.17) is 16.3 Å². The molecule has 0 saturated carbocycles. The van der Waals surface area contributed by atoms with Gasteiger partial charge in [0.1, 0.15) is 5.75 Å². The van der Waals surface area contributed by atoms with Crippen molar-refractivity contribution in [1.82, 2.24) is 9.99 Å². The van der Waals surface area contributed by atoms with E-state index in [0.29, 0.717) is 26.9 Å². The first-order valence-electron chi connectivity index (χ1n) is 8.16. The Hall–Kier alpha value is -3.23. The molecule has 0 unspecified atom stereocenters. The Balaban J connectivity index is 1.55. The zero-order chi connectivity index (χ0) is 19.7. The number of aromatic nitrogens is 1. The SMILES string of the molecule is COc1ccccc1Nc1nc(Cl)c(/C=N/N2C(=O)c3ccccc3C2=O)s1. The number of amides is 2. The van der Waals surface area contributed by atoms with E-state index in [1.807, 2.05) is 24.3 Å². The van der Waals surface area contributed by atoms with Crippen molar-refractivity contribution in [2.24, 2.45) is 5.10 Å². The van der Waals surface area contributed by atoms with E-state index < -0.39 is 11.8 Å². The van der Waals surface area contributed by atoms with Crippen molar-refractivity contribution >= 4 is 51.8 Å². The van der Waals surface area contributed by atoms with Gasteiger partial charge >= 0.3 is 0 Å². The fraction of sp³-hybridized carbons (Fsp3) is 0.0526. The Morgan fingerprint density at radius 2 is 1.75 bits per heavy atom. The van der Waals surface area contributed by atoms with E-state index in [2.05, 4.69) is 15.4 Å². The second-order valence-corrected chi connectivity index (χ2v) is 7.10. The number of para-hydroxylation sites is 2. The lowest BCUT2D eigenvalue weighted by atomic mass is 10.1. The lowest BCUT2D eigenvalue weighted by Crippen LogP contribution is -2.23. The third-order valence-electron chi connectivity index (χ3n) is 4.02. The van der Waals surface area contributed by atoms with Gasteiger partial charge in [-0.15, -0.1) is 0 Å². The minimum atomic E-state index is -0.468. The fourth-order valence-electron chi connectivity index (χ4n) is 2.70. The van der Waals surface area contributed by atoms with Crippen LogP contribution < -0.4 is 10.1 Å². The molecule has 1 aromatic heterocycles. The molecule has 4 rings (SSSR count). The quantitative estimate of drug-likeness (QED) is 0.502. The number of carbonyl (C=O) groups is 2. The number of ether oxygens (including phenoxy) is 1. The number of hydrogen-bond acceptors (Lipinski definition) is 7. The number of hydrazone groups is 1. The summed E-state index contributed by atoms with van der Waals surface area (Å²) in [6.45, 7) is 0. The van der Waals surface area contributed by atoms with E-state index in [9.17, 15) is 9.59 Å². The molecule has 0 radical (unpaired) electrons.